The summed E-state index contributed by atoms with van der Waals surface area (Å²) in [7, 11) is 0. The Hall–Kier alpha value is -2.16. The largest absolute Gasteiger partial charge is 0.381 e. The van der Waals surface area contributed by atoms with E-state index >= 15 is 0 Å². The van der Waals surface area contributed by atoms with E-state index in [0.29, 0.717) is 35.1 Å². The highest BCUT2D eigenvalue weighted by Crippen LogP contribution is 2.34. The van der Waals surface area contributed by atoms with Crippen LogP contribution in [0.5, 0.6) is 0 Å². The molecule has 1 atom stereocenters. The molecule has 7 nitrogen and oxygen atoms in total. The van der Waals surface area contributed by atoms with Gasteiger partial charge >= 0.3 is 0 Å². The summed E-state index contributed by atoms with van der Waals surface area (Å²) in [6.07, 6.45) is 7.84. The summed E-state index contributed by atoms with van der Waals surface area (Å²) in [5.41, 5.74) is 1.70. The van der Waals surface area contributed by atoms with Gasteiger partial charge in [0.05, 0.1) is 16.9 Å². The number of halogens is 2. The molecule has 2 fully saturated rings. The van der Waals surface area contributed by atoms with E-state index in [4.69, 9.17) is 16.3 Å². The number of carbonyl (C=O) groups excluding carboxylic acids is 1. The molecule has 0 radical (unpaired) electrons. The summed E-state index contributed by atoms with van der Waals surface area (Å²) in [4.78, 5) is 25.4. The molecule has 4 rings (SSSR count). The summed E-state index contributed by atoms with van der Waals surface area (Å²) in [6.45, 7) is 5.85. The number of hydrogen-bond donors (Lipinski definition) is 2. The predicted molar refractivity (Wildman–Crippen MR) is 126 cm³/mol. The Bertz CT molecular complexity index is 977. The Morgan fingerprint density at radius 1 is 1.33 bits per heavy atom. The lowest BCUT2D eigenvalue weighted by molar-refractivity contribution is -0.122. The summed E-state index contributed by atoms with van der Waals surface area (Å²) in [5.74, 6) is -0.373. The van der Waals surface area contributed by atoms with Crippen LogP contribution in [0, 0.1) is 17.3 Å². The van der Waals surface area contributed by atoms with Crippen molar-refractivity contribution in [1.82, 2.24) is 20.3 Å². The zero-order chi connectivity index (χ0) is 23.3. The molecule has 0 aromatic carbocycles. The molecule has 2 saturated heterocycles. The smallest absolute Gasteiger partial charge is 0.255 e. The summed E-state index contributed by atoms with van der Waals surface area (Å²) in [6, 6.07) is 1.76. The Kier molecular flexibility index (Phi) is 7.88. The lowest BCUT2D eigenvalue weighted by atomic mass is 9.78. The third kappa shape index (κ3) is 5.86. The monoisotopic (exact) mass is 475 g/mol. The number of aromatic nitrogens is 3. The molecule has 0 unspecified atom stereocenters. The molecule has 0 saturated carbocycles. The molecule has 33 heavy (non-hydrogen) atoms. The topological polar surface area (TPSA) is 89.0 Å². The number of pyridine rings is 1. The van der Waals surface area contributed by atoms with Gasteiger partial charge in [0.25, 0.3) is 5.95 Å². The average molecular weight is 476 g/mol. The number of nitrogens with zero attached hydrogens (tertiary/aromatic N) is 3. The van der Waals surface area contributed by atoms with Crippen molar-refractivity contribution in [1.29, 1.82) is 0 Å². The highest BCUT2D eigenvalue weighted by Gasteiger charge is 2.31. The van der Waals surface area contributed by atoms with E-state index in [2.05, 4.69) is 32.5 Å². The highest BCUT2D eigenvalue weighted by molar-refractivity contribution is 6.33. The second kappa shape index (κ2) is 10.8. The van der Waals surface area contributed by atoms with Crippen molar-refractivity contribution in [2.75, 3.05) is 38.2 Å². The van der Waals surface area contributed by atoms with Gasteiger partial charge in [0.15, 0.2) is 5.82 Å². The lowest BCUT2D eigenvalue weighted by Gasteiger charge is -2.36. The number of ketones is 1. The number of piperidine rings is 1. The third-order valence-corrected chi connectivity index (χ3v) is 7.26. The minimum Gasteiger partial charge on any atom is -0.381 e. The average Bonchev–Trinajstić information content (AvgIpc) is 2.86. The van der Waals surface area contributed by atoms with E-state index in [9.17, 15) is 9.18 Å². The number of anilines is 1. The number of nitrogens with one attached hydrogen (secondary N) is 2. The number of ether oxygens (including phenoxy) is 1. The first-order valence-electron chi connectivity index (χ1n) is 11.7. The van der Waals surface area contributed by atoms with Gasteiger partial charge in [0, 0.05) is 56.1 Å². The summed E-state index contributed by atoms with van der Waals surface area (Å²) in [5, 5.41) is 6.82. The molecular weight excluding hydrogens is 445 g/mol. The van der Waals surface area contributed by atoms with Crippen LogP contribution in [0.15, 0.2) is 18.5 Å². The van der Waals surface area contributed by atoms with Crippen LogP contribution in [0.4, 0.5) is 10.2 Å². The standard InChI is InChI=1S/C24H31ClFN5O2/c1-2-24(5-8-33-9-6-24)15-30-23-22(26)29-14-20(31-23)18-10-17(28-13-19(18)25)11-21(32)16-4-3-7-27-12-16/h10,13-14,16,27H,2-9,11-12,15H2,1H3,(H,30,31)/t16-/m1/s1. The SMILES string of the molecule is CCC1(CNc2nc(-c3cc(CC(=O)[C@@H]4CCCNC4)ncc3Cl)cnc2F)CCOCC1. The van der Waals surface area contributed by atoms with Crippen LogP contribution >= 0.6 is 11.6 Å². The van der Waals surface area contributed by atoms with Gasteiger partial charge in [-0.1, -0.05) is 18.5 Å². The third-order valence-electron chi connectivity index (χ3n) is 6.96. The fourth-order valence-electron chi connectivity index (χ4n) is 4.57. The summed E-state index contributed by atoms with van der Waals surface area (Å²) >= 11 is 6.40. The van der Waals surface area contributed by atoms with Crippen molar-refractivity contribution in [3.8, 4) is 11.3 Å². The maximum atomic E-state index is 14.5. The quantitative estimate of drug-likeness (QED) is 0.595. The maximum absolute atomic E-state index is 14.5. The van der Waals surface area contributed by atoms with Gasteiger partial charge in [-0.05, 0) is 50.1 Å². The number of hydrogen-bond acceptors (Lipinski definition) is 7. The fraction of sp³-hybridized carbons (Fsp3) is 0.583. The van der Waals surface area contributed by atoms with E-state index in [0.717, 1.165) is 51.9 Å². The molecule has 0 amide bonds. The van der Waals surface area contributed by atoms with Crippen LogP contribution < -0.4 is 10.6 Å². The van der Waals surface area contributed by atoms with Crippen LogP contribution in [-0.4, -0.2) is 53.6 Å². The van der Waals surface area contributed by atoms with Crippen molar-refractivity contribution in [2.24, 2.45) is 11.3 Å². The number of rotatable bonds is 8. The van der Waals surface area contributed by atoms with E-state index in [-0.39, 0.29) is 29.4 Å². The van der Waals surface area contributed by atoms with Crippen LogP contribution in [-0.2, 0) is 16.0 Å². The normalized spacial score (nSPS) is 20.4. The molecule has 2 aromatic rings. The van der Waals surface area contributed by atoms with Crippen LogP contribution in [0.3, 0.4) is 0 Å². The van der Waals surface area contributed by atoms with E-state index in [1.54, 1.807) is 6.07 Å². The second-order valence-corrected chi connectivity index (χ2v) is 9.46. The Balaban J connectivity index is 1.51. The molecular formula is C24H31ClFN5O2. The zero-order valence-electron chi connectivity index (χ0n) is 19.0. The van der Waals surface area contributed by atoms with Crippen LogP contribution in [0.25, 0.3) is 11.3 Å². The maximum Gasteiger partial charge on any atom is 0.255 e. The van der Waals surface area contributed by atoms with Gasteiger partial charge in [-0.25, -0.2) is 9.97 Å². The van der Waals surface area contributed by atoms with E-state index in [1.165, 1.54) is 12.4 Å². The molecule has 2 aliphatic heterocycles. The molecule has 0 bridgehead atoms. The van der Waals surface area contributed by atoms with Crippen LogP contribution in [0.1, 0.15) is 44.7 Å². The first-order valence-corrected chi connectivity index (χ1v) is 12.1. The first-order chi connectivity index (χ1) is 16.0. The minimum atomic E-state index is -0.651. The second-order valence-electron chi connectivity index (χ2n) is 9.06. The number of carbonyl (C=O) groups is 1. The van der Waals surface area contributed by atoms with Gasteiger partial charge in [-0.15, -0.1) is 0 Å². The predicted octanol–water partition coefficient (Wildman–Crippen LogP) is 4.06. The van der Waals surface area contributed by atoms with E-state index in [1.807, 2.05) is 0 Å². The van der Waals surface area contributed by atoms with Crippen molar-refractivity contribution in [2.45, 2.75) is 45.4 Å². The van der Waals surface area contributed by atoms with Gasteiger partial charge < -0.3 is 15.4 Å². The summed E-state index contributed by atoms with van der Waals surface area (Å²) < 4.78 is 20.0. The zero-order valence-corrected chi connectivity index (χ0v) is 19.8. The Morgan fingerprint density at radius 2 is 2.15 bits per heavy atom. The van der Waals surface area contributed by atoms with Gasteiger partial charge in [-0.3, -0.25) is 9.78 Å². The van der Waals surface area contributed by atoms with Gasteiger partial charge in [0.1, 0.15) is 5.78 Å². The molecule has 2 aromatic heterocycles. The first kappa shape index (κ1) is 24.0. The molecule has 0 spiro atoms. The highest BCUT2D eigenvalue weighted by atomic mass is 35.5. The molecule has 4 heterocycles. The van der Waals surface area contributed by atoms with Crippen molar-refractivity contribution < 1.29 is 13.9 Å². The number of Topliss-reactive ketones (excluding diaryl/α,β-unsaturated/α-hetero) is 1. The minimum absolute atomic E-state index is 0.0113. The molecule has 178 valence electrons. The lowest BCUT2D eigenvalue weighted by Crippen LogP contribution is -2.35. The van der Waals surface area contributed by atoms with Crippen LogP contribution in [0.2, 0.25) is 5.02 Å². The fourth-order valence-corrected chi connectivity index (χ4v) is 4.77. The molecule has 2 N–H and O–H groups in total. The molecule has 0 aliphatic carbocycles. The van der Waals surface area contributed by atoms with E-state index < -0.39 is 5.95 Å². The molecule has 9 heteroatoms. The van der Waals surface area contributed by atoms with Crippen molar-refractivity contribution >= 4 is 23.2 Å². The Labute approximate surface area is 198 Å². The van der Waals surface area contributed by atoms with Crippen molar-refractivity contribution in [3.05, 3.63) is 35.1 Å². The molecule has 2 aliphatic rings. The Morgan fingerprint density at radius 3 is 2.88 bits per heavy atom. The van der Waals surface area contributed by atoms with Crippen molar-refractivity contribution in [3.63, 3.8) is 0 Å². The van der Waals surface area contributed by atoms with Gasteiger partial charge in [0.2, 0.25) is 0 Å². The van der Waals surface area contributed by atoms with Gasteiger partial charge in [-0.2, -0.15) is 4.39 Å².